The van der Waals surface area contributed by atoms with Crippen molar-refractivity contribution < 1.29 is 4.79 Å². The Balaban J connectivity index is 1.26. The SMILES string of the molecule is Cc1cccc(Cn2cnc3c(cnn3CCNC(=O)c3sc(-n4cccc4)nc3C)c2=O)c1. The normalized spacial score (nSPS) is 11.2. The first kappa shape index (κ1) is 21.8. The van der Waals surface area contributed by atoms with Gasteiger partial charge in [0.2, 0.25) is 0 Å². The lowest BCUT2D eigenvalue weighted by Gasteiger charge is -2.08. The zero-order valence-corrected chi connectivity index (χ0v) is 19.6. The first-order chi connectivity index (χ1) is 16.5. The van der Waals surface area contributed by atoms with Gasteiger partial charge in [-0.2, -0.15) is 5.10 Å². The molecule has 172 valence electrons. The fourth-order valence-corrected chi connectivity index (χ4v) is 4.75. The van der Waals surface area contributed by atoms with Crippen LogP contribution in [0, 0.1) is 13.8 Å². The van der Waals surface area contributed by atoms with Gasteiger partial charge in [-0.1, -0.05) is 41.2 Å². The number of carbonyl (C=O) groups excluding carboxylic acids is 1. The van der Waals surface area contributed by atoms with Gasteiger partial charge in [-0.25, -0.2) is 14.6 Å². The van der Waals surface area contributed by atoms with Crippen molar-refractivity contribution in [2.45, 2.75) is 26.9 Å². The van der Waals surface area contributed by atoms with E-state index < -0.39 is 0 Å². The molecule has 0 saturated carbocycles. The van der Waals surface area contributed by atoms with E-state index in [1.807, 2.05) is 61.1 Å². The molecule has 1 aromatic carbocycles. The Kier molecular flexibility index (Phi) is 5.81. The maximum atomic E-state index is 12.9. The van der Waals surface area contributed by atoms with Gasteiger partial charge in [0.25, 0.3) is 11.5 Å². The Hall–Kier alpha value is -4.05. The van der Waals surface area contributed by atoms with Gasteiger partial charge >= 0.3 is 0 Å². The second-order valence-corrected chi connectivity index (χ2v) is 9.01. The third-order valence-corrected chi connectivity index (χ3v) is 6.65. The van der Waals surface area contributed by atoms with E-state index in [1.54, 1.807) is 15.6 Å². The Morgan fingerprint density at radius 3 is 2.76 bits per heavy atom. The average Bonchev–Trinajstić information content (AvgIpc) is 3.56. The lowest BCUT2D eigenvalue weighted by atomic mass is 10.1. The third-order valence-electron chi connectivity index (χ3n) is 5.48. The van der Waals surface area contributed by atoms with E-state index in [1.165, 1.54) is 17.5 Å². The van der Waals surface area contributed by atoms with Crippen LogP contribution in [0.15, 0.2) is 66.1 Å². The summed E-state index contributed by atoms with van der Waals surface area (Å²) in [5.74, 6) is -0.182. The molecule has 0 bridgehead atoms. The molecule has 0 saturated heterocycles. The number of hydrogen-bond donors (Lipinski definition) is 1. The van der Waals surface area contributed by atoms with E-state index >= 15 is 0 Å². The maximum absolute atomic E-state index is 12.9. The zero-order chi connectivity index (χ0) is 23.7. The Morgan fingerprint density at radius 2 is 1.97 bits per heavy atom. The fourth-order valence-electron chi connectivity index (χ4n) is 3.80. The highest BCUT2D eigenvalue weighted by molar-refractivity contribution is 7.16. The molecular weight excluding hydrogens is 450 g/mol. The Bertz CT molecular complexity index is 1530. The van der Waals surface area contributed by atoms with Gasteiger partial charge in [-0.05, 0) is 31.5 Å². The number of nitrogens with zero attached hydrogens (tertiary/aromatic N) is 6. The number of nitrogens with one attached hydrogen (secondary N) is 1. The largest absolute Gasteiger partial charge is 0.349 e. The highest BCUT2D eigenvalue weighted by Crippen LogP contribution is 2.21. The molecule has 4 aromatic heterocycles. The number of thiazole rings is 1. The van der Waals surface area contributed by atoms with E-state index in [0.717, 1.165) is 16.3 Å². The van der Waals surface area contributed by atoms with Crippen LogP contribution in [0.25, 0.3) is 16.2 Å². The molecule has 1 amide bonds. The summed E-state index contributed by atoms with van der Waals surface area (Å²) < 4.78 is 5.10. The van der Waals surface area contributed by atoms with Crippen molar-refractivity contribution in [2.75, 3.05) is 6.54 Å². The highest BCUT2D eigenvalue weighted by atomic mass is 32.1. The van der Waals surface area contributed by atoms with Crippen molar-refractivity contribution in [2.24, 2.45) is 0 Å². The number of benzene rings is 1. The van der Waals surface area contributed by atoms with Gasteiger partial charge in [-0.15, -0.1) is 0 Å². The van der Waals surface area contributed by atoms with Gasteiger partial charge in [0.05, 0.1) is 25.0 Å². The van der Waals surface area contributed by atoms with Crippen molar-refractivity contribution in [3.63, 3.8) is 0 Å². The summed E-state index contributed by atoms with van der Waals surface area (Å²) in [5.41, 5.74) is 3.23. The summed E-state index contributed by atoms with van der Waals surface area (Å²) >= 11 is 1.34. The number of amides is 1. The number of hydrogen-bond acceptors (Lipinski definition) is 6. The molecule has 5 rings (SSSR count). The van der Waals surface area contributed by atoms with E-state index in [2.05, 4.69) is 26.4 Å². The summed E-state index contributed by atoms with van der Waals surface area (Å²) in [7, 11) is 0. The van der Waals surface area contributed by atoms with E-state index in [4.69, 9.17) is 0 Å². The molecule has 10 heteroatoms. The second-order valence-electron chi connectivity index (χ2n) is 8.03. The van der Waals surface area contributed by atoms with Crippen molar-refractivity contribution in [3.8, 4) is 5.13 Å². The molecule has 0 unspecified atom stereocenters. The molecule has 0 spiro atoms. The summed E-state index contributed by atoms with van der Waals surface area (Å²) in [5, 5.41) is 8.44. The van der Waals surface area contributed by atoms with Crippen LogP contribution in [0.1, 0.15) is 26.5 Å². The molecule has 5 aromatic rings. The number of carbonyl (C=O) groups is 1. The minimum absolute atomic E-state index is 0.139. The van der Waals surface area contributed by atoms with E-state index in [9.17, 15) is 9.59 Å². The summed E-state index contributed by atoms with van der Waals surface area (Å²) in [6, 6.07) is 11.9. The number of aromatic nitrogens is 6. The van der Waals surface area contributed by atoms with Gasteiger partial charge < -0.3 is 9.88 Å². The van der Waals surface area contributed by atoms with Crippen LogP contribution in [0.5, 0.6) is 0 Å². The summed E-state index contributed by atoms with van der Waals surface area (Å²) in [6.07, 6.45) is 6.87. The van der Waals surface area contributed by atoms with Crippen molar-refractivity contribution in [1.82, 2.24) is 34.2 Å². The molecule has 0 aliphatic carbocycles. The second kappa shape index (κ2) is 9.06. The molecule has 34 heavy (non-hydrogen) atoms. The fraction of sp³-hybridized carbons (Fsp3) is 0.208. The van der Waals surface area contributed by atoms with Gasteiger partial charge in [-0.3, -0.25) is 14.2 Å². The summed E-state index contributed by atoms with van der Waals surface area (Å²) in [6.45, 7) is 5.04. The van der Waals surface area contributed by atoms with Crippen LogP contribution in [-0.2, 0) is 13.1 Å². The molecule has 9 nitrogen and oxygen atoms in total. The maximum Gasteiger partial charge on any atom is 0.264 e. The van der Waals surface area contributed by atoms with Crippen LogP contribution in [-0.4, -0.2) is 41.3 Å². The van der Waals surface area contributed by atoms with Crippen LogP contribution in [0.2, 0.25) is 0 Å². The smallest absolute Gasteiger partial charge is 0.264 e. The third kappa shape index (κ3) is 4.27. The number of rotatable bonds is 7. The standard InChI is InChI=1S/C24H23N7O2S/c1-16-6-5-7-18(12-16)14-30-15-26-21-19(23(30)33)13-27-31(21)11-8-25-22(32)20-17(2)28-24(34-20)29-9-3-4-10-29/h3-7,9-10,12-13,15H,8,11,14H2,1-2H3,(H,25,32). The minimum atomic E-state index is -0.182. The molecular formula is C24H23N7O2S. The minimum Gasteiger partial charge on any atom is -0.349 e. The van der Waals surface area contributed by atoms with Gasteiger partial charge in [0.1, 0.15) is 16.6 Å². The number of aryl methyl sites for hydroxylation is 2. The van der Waals surface area contributed by atoms with E-state index in [-0.39, 0.29) is 11.5 Å². The monoisotopic (exact) mass is 473 g/mol. The van der Waals surface area contributed by atoms with Crippen molar-refractivity contribution >= 4 is 28.3 Å². The topological polar surface area (TPSA) is 99.6 Å². The predicted molar refractivity (Wildman–Crippen MR) is 131 cm³/mol. The molecule has 0 atom stereocenters. The molecule has 0 fully saturated rings. The lowest BCUT2D eigenvalue weighted by Crippen LogP contribution is -2.27. The quantitative estimate of drug-likeness (QED) is 0.392. The first-order valence-corrected chi connectivity index (χ1v) is 11.7. The molecule has 0 radical (unpaired) electrons. The van der Waals surface area contributed by atoms with Crippen molar-refractivity contribution in [1.29, 1.82) is 0 Å². The Labute approximate surface area is 199 Å². The lowest BCUT2D eigenvalue weighted by molar-refractivity contribution is 0.0955. The summed E-state index contributed by atoms with van der Waals surface area (Å²) in [4.78, 5) is 35.1. The average molecular weight is 474 g/mol. The first-order valence-electron chi connectivity index (χ1n) is 10.8. The zero-order valence-electron chi connectivity index (χ0n) is 18.8. The highest BCUT2D eigenvalue weighted by Gasteiger charge is 2.16. The van der Waals surface area contributed by atoms with Crippen molar-refractivity contribution in [3.05, 3.63) is 93.4 Å². The Morgan fingerprint density at radius 1 is 1.15 bits per heavy atom. The molecule has 1 N–H and O–H groups in total. The van der Waals surface area contributed by atoms with Gasteiger partial charge in [0, 0.05) is 18.9 Å². The van der Waals surface area contributed by atoms with Crippen LogP contribution < -0.4 is 10.9 Å². The predicted octanol–water partition coefficient (Wildman–Crippen LogP) is 2.94. The van der Waals surface area contributed by atoms with Gasteiger partial charge in [0.15, 0.2) is 10.8 Å². The van der Waals surface area contributed by atoms with Crippen LogP contribution in [0.3, 0.4) is 0 Å². The molecule has 0 aliphatic heterocycles. The molecule has 4 heterocycles. The van der Waals surface area contributed by atoms with E-state index in [0.29, 0.717) is 41.2 Å². The van der Waals surface area contributed by atoms with Crippen LogP contribution in [0.4, 0.5) is 0 Å². The van der Waals surface area contributed by atoms with Crippen LogP contribution >= 0.6 is 11.3 Å². The molecule has 0 aliphatic rings. The number of fused-ring (bicyclic) bond motifs is 1.